The molecule has 20 heavy (non-hydrogen) atoms. The Bertz CT molecular complexity index is 392. The summed E-state index contributed by atoms with van der Waals surface area (Å²) in [6, 6.07) is 1.76. The Morgan fingerprint density at radius 3 is 2.75 bits per heavy atom. The molecule has 6 nitrogen and oxygen atoms in total. The van der Waals surface area contributed by atoms with Crippen LogP contribution in [0.2, 0.25) is 0 Å². The Balaban J connectivity index is 2.74. The molecule has 0 bridgehead atoms. The minimum absolute atomic E-state index is 0.00288. The Hall–Kier alpha value is -1.77. The molecule has 0 aromatic heterocycles. The number of hydrogen-bond acceptors (Lipinski definition) is 3. The summed E-state index contributed by atoms with van der Waals surface area (Å²) in [6.07, 6.45) is 2.61. The summed E-state index contributed by atoms with van der Waals surface area (Å²) in [7, 11) is 0. The first kappa shape index (κ1) is 16.3. The standard InChI is InChI=1S/C14H23N3O3/c1-3-16(10-11(2)9-15)14(20)17-7-5-4-6-12(17)8-13(18)19/h11-12H,3-8,10H2,1-2H3,(H,18,19). The summed E-state index contributed by atoms with van der Waals surface area (Å²) in [5.41, 5.74) is 0. The lowest BCUT2D eigenvalue weighted by Crippen LogP contribution is -2.51. The zero-order chi connectivity index (χ0) is 15.1. The number of amides is 2. The molecule has 0 saturated carbocycles. The molecule has 1 aliphatic rings. The van der Waals surface area contributed by atoms with Crippen molar-refractivity contribution in [2.24, 2.45) is 5.92 Å². The number of nitrogens with zero attached hydrogens (tertiary/aromatic N) is 3. The minimum Gasteiger partial charge on any atom is -0.481 e. The first-order valence-electron chi connectivity index (χ1n) is 7.16. The average molecular weight is 281 g/mol. The van der Waals surface area contributed by atoms with Crippen LogP contribution in [0.4, 0.5) is 4.79 Å². The molecule has 1 fully saturated rings. The number of urea groups is 1. The van der Waals surface area contributed by atoms with Gasteiger partial charge in [0.1, 0.15) is 0 Å². The maximum absolute atomic E-state index is 12.5. The Labute approximate surface area is 120 Å². The Morgan fingerprint density at radius 1 is 1.50 bits per heavy atom. The van der Waals surface area contributed by atoms with Gasteiger partial charge in [0.25, 0.3) is 0 Å². The van der Waals surface area contributed by atoms with Crippen molar-refractivity contribution in [1.29, 1.82) is 5.26 Å². The molecular formula is C14H23N3O3. The van der Waals surface area contributed by atoms with Crippen molar-refractivity contribution in [3.8, 4) is 6.07 Å². The van der Waals surface area contributed by atoms with Crippen LogP contribution in [0.1, 0.15) is 39.5 Å². The smallest absolute Gasteiger partial charge is 0.320 e. The lowest BCUT2D eigenvalue weighted by atomic mass is 10.00. The predicted molar refractivity (Wildman–Crippen MR) is 74.0 cm³/mol. The molecule has 0 aliphatic carbocycles. The number of hydrogen-bond donors (Lipinski definition) is 1. The molecule has 112 valence electrons. The molecule has 0 aromatic carbocycles. The van der Waals surface area contributed by atoms with Gasteiger partial charge in [0, 0.05) is 25.7 Å². The third-order valence-electron chi connectivity index (χ3n) is 3.65. The van der Waals surface area contributed by atoms with Gasteiger partial charge >= 0.3 is 12.0 Å². The van der Waals surface area contributed by atoms with Crippen molar-refractivity contribution in [2.75, 3.05) is 19.6 Å². The molecule has 0 spiro atoms. The summed E-state index contributed by atoms with van der Waals surface area (Å²) in [5.74, 6) is -1.09. The predicted octanol–water partition coefficient (Wildman–Crippen LogP) is 1.92. The number of rotatable bonds is 5. The Morgan fingerprint density at radius 2 is 2.20 bits per heavy atom. The number of carboxylic acid groups (broad SMARTS) is 1. The average Bonchev–Trinajstić information content (AvgIpc) is 2.43. The van der Waals surface area contributed by atoms with Crippen LogP contribution < -0.4 is 0 Å². The topological polar surface area (TPSA) is 84.6 Å². The van der Waals surface area contributed by atoms with Crippen LogP contribution in [-0.4, -0.2) is 52.6 Å². The summed E-state index contributed by atoms with van der Waals surface area (Å²) in [6.45, 7) is 5.18. The van der Waals surface area contributed by atoms with Gasteiger partial charge in [-0.25, -0.2) is 4.79 Å². The van der Waals surface area contributed by atoms with E-state index in [0.717, 1.165) is 19.3 Å². The van der Waals surface area contributed by atoms with Gasteiger partial charge in [-0.3, -0.25) is 4.79 Å². The van der Waals surface area contributed by atoms with Crippen molar-refractivity contribution in [1.82, 2.24) is 9.80 Å². The van der Waals surface area contributed by atoms with E-state index in [0.29, 0.717) is 19.6 Å². The van der Waals surface area contributed by atoms with Crippen LogP contribution in [0.3, 0.4) is 0 Å². The zero-order valence-electron chi connectivity index (χ0n) is 12.2. The van der Waals surface area contributed by atoms with Crippen molar-refractivity contribution in [3.63, 3.8) is 0 Å². The van der Waals surface area contributed by atoms with Crippen molar-refractivity contribution in [2.45, 2.75) is 45.6 Å². The van der Waals surface area contributed by atoms with Crippen molar-refractivity contribution >= 4 is 12.0 Å². The fraction of sp³-hybridized carbons (Fsp3) is 0.786. The van der Waals surface area contributed by atoms with Gasteiger partial charge in [0.15, 0.2) is 0 Å². The van der Waals surface area contributed by atoms with E-state index in [9.17, 15) is 9.59 Å². The number of piperidine rings is 1. The molecule has 6 heteroatoms. The van der Waals surface area contributed by atoms with E-state index >= 15 is 0 Å². The Kier molecular flexibility index (Phi) is 6.29. The minimum atomic E-state index is -0.872. The highest BCUT2D eigenvalue weighted by Gasteiger charge is 2.31. The highest BCUT2D eigenvalue weighted by molar-refractivity contribution is 5.76. The van der Waals surface area contributed by atoms with E-state index in [-0.39, 0.29) is 24.4 Å². The number of carboxylic acids is 1. The normalized spacial score (nSPS) is 20.1. The first-order chi connectivity index (χ1) is 9.49. The van der Waals surface area contributed by atoms with Gasteiger partial charge in [-0.1, -0.05) is 0 Å². The van der Waals surface area contributed by atoms with Crippen molar-refractivity contribution < 1.29 is 14.7 Å². The van der Waals surface area contributed by atoms with Crippen LogP contribution in [0.5, 0.6) is 0 Å². The number of carbonyl (C=O) groups excluding carboxylic acids is 1. The van der Waals surface area contributed by atoms with E-state index in [1.54, 1.807) is 16.7 Å². The molecule has 1 saturated heterocycles. The number of aliphatic carboxylic acids is 1. The van der Waals surface area contributed by atoms with Crippen molar-refractivity contribution in [3.05, 3.63) is 0 Å². The second-order valence-corrected chi connectivity index (χ2v) is 5.29. The molecular weight excluding hydrogens is 258 g/mol. The molecule has 1 aliphatic heterocycles. The molecule has 2 atom stereocenters. The summed E-state index contributed by atoms with van der Waals surface area (Å²) in [4.78, 5) is 26.7. The van der Waals surface area contributed by atoms with E-state index < -0.39 is 5.97 Å². The van der Waals surface area contributed by atoms with Crippen LogP contribution in [-0.2, 0) is 4.79 Å². The molecule has 1 heterocycles. The number of likely N-dealkylation sites (tertiary alicyclic amines) is 1. The van der Waals surface area contributed by atoms with Crippen LogP contribution in [0, 0.1) is 17.2 Å². The SMILES string of the molecule is CCN(CC(C)C#N)C(=O)N1CCCCC1CC(=O)O. The molecule has 1 rings (SSSR count). The second kappa shape index (κ2) is 7.73. The summed E-state index contributed by atoms with van der Waals surface area (Å²) >= 11 is 0. The highest BCUT2D eigenvalue weighted by Crippen LogP contribution is 2.21. The summed E-state index contributed by atoms with van der Waals surface area (Å²) in [5, 5.41) is 17.8. The fourth-order valence-electron chi connectivity index (χ4n) is 2.56. The van der Waals surface area contributed by atoms with Crippen LogP contribution >= 0.6 is 0 Å². The fourth-order valence-corrected chi connectivity index (χ4v) is 2.56. The van der Waals surface area contributed by atoms with E-state index in [4.69, 9.17) is 10.4 Å². The molecule has 1 N–H and O–H groups in total. The molecule has 0 aromatic rings. The maximum Gasteiger partial charge on any atom is 0.320 e. The van der Waals surface area contributed by atoms with E-state index in [2.05, 4.69) is 6.07 Å². The number of carbonyl (C=O) groups is 2. The van der Waals surface area contributed by atoms with Gasteiger partial charge in [-0.05, 0) is 33.1 Å². The second-order valence-electron chi connectivity index (χ2n) is 5.29. The monoisotopic (exact) mass is 281 g/mol. The van der Waals surface area contributed by atoms with Gasteiger partial charge in [-0.15, -0.1) is 0 Å². The highest BCUT2D eigenvalue weighted by atomic mass is 16.4. The largest absolute Gasteiger partial charge is 0.481 e. The van der Waals surface area contributed by atoms with Gasteiger partial charge in [-0.2, -0.15) is 5.26 Å². The lowest BCUT2D eigenvalue weighted by molar-refractivity contribution is -0.138. The third-order valence-corrected chi connectivity index (χ3v) is 3.65. The van der Waals surface area contributed by atoms with E-state index in [1.807, 2.05) is 6.92 Å². The third kappa shape index (κ3) is 4.41. The number of nitriles is 1. The zero-order valence-corrected chi connectivity index (χ0v) is 12.2. The quantitative estimate of drug-likeness (QED) is 0.834. The van der Waals surface area contributed by atoms with Gasteiger partial charge in [0.05, 0.1) is 18.4 Å². The van der Waals surface area contributed by atoms with Gasteiger partial charge in [0.2, 0.25) is 0 Å². The summed E-state index contributed by atoms with van der Waals surface area (Å²) < 4.78 is 0. The lowest BCUT2D eigenvalue weighted by Gasteiger charge is -2.38. The first-order valence-corrected chi connectivity index (χ1v) is 7.16. The van der Waals surface area contributed by atoms with E-state index in [1.165, 1.54) is 0 Å². The maximum atomic E-state index is 12.5. The van der Waals surface area contributed by atoms with Crippen LogP contribution in [0.25, 0.3) is 0 Å². The molecule has 0 radical (unpaired) electrons. The van der Waals surface area contributed by atoms with Crippen LogP contribution in [0.15, 0.2) is 0 Å². The van der Waals surface area contributed by atoms with Gasteiger partial charge < -0.3 is 14.9 Å². The molecule has 2 unspecified atom stereocenters. The molecule has 2 amide bonds.